The Labute approximate surface area is 150 Å². The summed E-state index contributed by atoms with van der Waals surface area (Å²) in [6.45, 7) is 0. The van der Waals surface area contributed by atoms with E-state index in [1.165, 1.54) is 0 Å². The molecule has 0 amide bonds. The van der Waals surface area contributed by atoms with E-state index in [0.717, 1.165) is 20.3 Å². The van der Waals surface area contributed by atoms with Crippen molar-refractivity contribution in [2.45, 2.75) is 18.5 Å². The number of aliphatic imine (C=N–C) groups is 1. The normalized spacial score (nSPS) is 23.4. The summed E-state index contributed by atoms with van der Waals surface area (Å²) in [7, 11) is 1.62. The highest BCUT2D eigenvalue weighted by molar-refractivity contribution is 9.12. The van der Waals surface area contributed by atoms with Crippen LogP contribution in [0.5, 0.6) is 5.75 Å². The number of benzene rings is 1. The third-order valence-electron chi connectivity index (χ3n) is 3.83. The Hall–Kier alpha value is -1.60. The first kappa shape index (κ1) is 16.3. The Morgan fingerprint density at radius 1 is 1.35 bits per heavy atom. The molecule has 0 saturated heterocycles. The zero-order valence-corrected chi connectivity index (χ0v) is 15.4. The highest BCUT2D eigenvalue weighted by Crippen LogP contribution is 2.38. The predicted octanol–water partition coefficient (Wildman–Crippen LogP) is 3.82. The van der Waals surface area contributed by atoms with Crippen LogP contribution in [-0.4, -0.2) is 35.0 Å². The maximum absolute atomic E-state index is 11.5. The number of ether oxygens (including phenoxy) is 1. The number of nitrogens with zero attached hydrogens (tertiary/aromatic N) is 2. The lowest BCUT2D eigenvalue weighted by Crippen LogP contribution is -2.41. The number of hydrogen-bond acceptors (Lipinski definition) is 4. The molecule has 2 heterocycles. The van der Waals surface area contributed by atoms with Gasteiger partial charge in [0.05, 0.1) is 17.6 Å². The second-order valence-corrected chi connectivity index (χ2v) is 7.01. The minimum absolute atomic E-state index is 0.108. The van der Waals surface area contributed by atoms with E-state index in [-0.39, 0.29) is 6.04 Å². The van der Waals surface area contributed by atoms with Crippen molar-refractivity contribution in [1.29, 1.82) is 0 Å². The summed E-state index contributed by atoms with van der Waals surface area (Å²) < 4.78 is 6.85. The van der Waals surface area contributed by atoms with Gasteiger partial charge in [-0.15, -0.1) is 0 Å². The summed E-state index contributed by atoms with van der Waals surface area (Å²) in [4.78, 5) is 17.8. The average molecular weight is 442 g/mol. The van der Waals surface area contributed by atoms with E-state index in [1.54, 1.807) is 7.11 Å². The van der Waals surface area contributed by atoms with Crippen LogP contribution >= 0.6 is 31.9 Å². The van der Waals surface area contributed by atoms with Crippen LogP contribution < -0.4 is 4.74 Å². The number of allylic oxidation sites excluding steroid dienone is 2. The van der Waals surface area contributed by atoms with Gasteiger partial charge < -0.3 is 14.7 Å². The second-order valence-electron chi connectivity index (χ2n) is 5.24. The van der Waals surface area contributed by atoms with Gasteiger partial charge in [0.15, 0.2) is 6.04 Å². The van der Waals surface area contributed by atoms with Gasteiger partial charge in [-0.25, -0.2) is 4.79 Å². The van der Waals surface area contributed by atoms with Crippen LogP contribution in [0.2, 0.25) is 0 Å². The van der Waals surface area contributed by atoms with Gasteiger partial charge in [0.1, 0.15) is 11.6 Å². The fourth-order valence-electron chi connectivity index (χ4n) is 2.71. The van der Waals surface area contributed by atoms with Crippen LogP contribution in [0.1, 0.15) is 18.0 Å². The molecule has 2 atom stereocenters. The second kappa shape index (κ2) is 6.49. The number of aliphatic carboxylic acids is 1. The Morgan fingerprint density at radius 2 is 2.04 bits per heavy atom. The van der Waals surface area contributed by atoms with E-state index in [0.29, 0.717) is 12.3 Å². The molecule has 23 heavy (non-hydrogen) atoms. The summed E-state index contributed by atoms with van der Waals surface area (Å²) in [6, 6.07) is 6.80. The summed E-state index contributed by atoms with van der Waals surface area (Å²) in [5.41, 5.74) is 1.02. The summed E-state index contributed by atoms with van der Waals surface area (Å²) >= 11 is 6.95. The maximum Gasteiger partial charge on any atom is 0.328 e. The predicted molar refractivity (Wildman–Crippen MR) is 95.1 cm³/mol. The van der Waals surface area contributed by atoms with Crippen molar-refractivity contribution in [2.24, 2.45) is 4.99 Å². The van der Waals surface area contributed by atoms with Crippen molar-refractivity contribution in [3.05, 3.63) is 51.1 Å². The molecule has 0 fully saturated rings. The average Bonchev–Trinajstić information content (AvgIpc) is 2.54. The van der Waals surface area contributed by atoms with Crippen LogP contribution in [-0.2, 0) is 4.79 Å². The molecule has 0 bridgehead atoms. The van der Waals surface area contributed by atoms with Crippen molar-refractivity contribution in [3.8, 4) is 5.75 Å². The van der Waals surface area contributed by atoms with Gasteiger partial charge in [-0.1, -0.05) is 12.1 Å². The lowest BCUT2D eigenvalue weighted by atomic mass is 9.95. The lowest BCUT2D eigenvalue weighted by molar-refractivity contribution is -0.139. The minimum atomic E-state index is -0.912. The van der Waals surface area contributed by atoms with Crippen molar-refractivity contribution in [3.63, 3.8) is 0 Å². The molecule has 2 aliphatic heterocycles. The SMILES string of the molecule is COc1ccc(C2CC(C(=O)O)N=C3C(Br)=CC(Br)=CN32)cc1. The summed E-state index contributed by atoms with van der Waals surface area (Å²) in [5.74, 6) is 0.488. The largest absolute Gasteiger partial charge is 0.497 e. The van der Waals surface area contributed by atoms with E-state index in [9.17, 15) is 9.90 Å². The molecule has 0 spiro atoms. The monoisotopic (exact) mass is 440 g/mol. The number of fused-ring (bicyclic) bond motifs is 1. The molecule has 2 unspecified atom stereocenters. The molecule has 5 nitrogen and oxygen atoms in total. The summed E-state index contributed by atoms with van der Waals surface area (Å²) in [6.07, 6.45) is 4.20. The molecule has 0 saturated carbocycles. The van der Waals surface area contributed by atoms with E-state index in [1.807, 2.05) is 41.4 Å². The van der Waals surface area contributed by atoms with E-state index >= 15 is 0 Å². The first-order valence-electron chi connectivity index (χ1n) is 6.97. The number of methoxy groups -OCH3 is 1. The molecule has 0 aromatic heterocycles. The molecular weight excluding hydrogens is 428 g/mol. The maximum atomic E-state index is 11.5. The van der Waals surface area contributed by atoms with Crippen LogP contribution in [0.3, 0.4) is 0 Å². The van der Waals surface area contributed by atoms with Crippen molar-refractivity contribution >= 4 is 43.7 Å². The highest BCUT2D eigenvalue weighted by atomic mass is 79.9. The van der Waals surface area contributed by atoms with Crippen LogP contribution in [0, 0.1) is 0 Å². The van der Waals surface area contributed by atoms with Crippen molar-refractivity contribution < 1.29 is 14.6 Å². The number of rotatable bonds is 3. The molecule has 0 aliphatic carbocycles. The molecule has 2 aliphatic rings. The van der Waals surface area contributed by atoms with Gasteiger partial charge in [-0.2, -0.15) is 0 Å². The van der Waals surface area contributed by atoms with Gasteiger partial charge in [-0.05, 0) is 55.6 Å². The van der Waals surface area contributed by atoms with E-state index in [4.69, 9.17) is 4.74 Å². The Kier molecular flexibility index (Phi) is 4.59. The first-order valence-corrected chi connectivity index (χ1v) is 8.56. The molecule has 3 rings (SSSR count). The van der Waals surface area contributed by atoms with Gasteiger partial charge in [0.2, 0.25) is 0 Å². The third-order valence-corrected chi connectivity index (χ3v) is 4.85. The number of halogens is 2. The van der Waals surface area contributed by atoms with Crippen LogP contribution in [0.15, 0.2) is 50.5 Å². The lowest BCUT2D eigenvalue weighted by Gasteiger charge is -2.38. The molecule has 120 valence electrons. The first-order chi connectivity index (χ1) is 11.0. The van der Waals surface area contributed by atoms with Crippen molar-refractivity contribution in [1.82, 2.24) is 4.90 Å². The topological polar surface area (TPSA) is 62.1 Å². The molecule has 7 heteroatoms. The van der Waals surface area contributed by atoms with Crippen LogP contribution in [0.25, 0.3) is 0 Å². The quantitative estimate of drug-likeness (QED) is 0.774. The van der Waals surface area contributed by atoms with E-state index < -0.39 is 12.0 Å². The number of carbonyl (C=O) groups is 1. The van der Waals surface area contributed by atoms with Gasteiger partial charge >= 0.3 is 5.97 Å². The molecule has 1 aromatic carbocycles. The minimum Gasteiger partial charge on any atom is -0.497 e. The Balaban J connectivity index is 2.03. The number of carboxylic acid groups (broad SMARTS) is 1. The van der Waals surface area contributed by atoms with Crippen LogP contribution in [0.4, 0.5) is 0 Å². The van der Waals surface area contributed by atoms with Crippen molar-refractivity contribution in [2.75, 3.05) is 7.11 Å². The molecule has 1 aromatic rings. The molecular formula is C16H14Br2N2O3. The smallest absolute Gasteiger partial charge is 0.328 e. The summed E-state index contributed by atoms with van der Waals surface area (Å²) in [5, 5.41) is 9.41. The Bertz CT molecular complexity index is 725. The zero-order valence-electron chi connectivity index (χ0n) is 12.2. The van der Waals surface area contributed by atoms with Gasteiger partial charge in [0.25, 0.3) is 0 Å². The van der Waals surface area contributed by atoms with Gasteiger partial charge in [-0.3, -0.25) is 4.99 Å². The number of amidine groups is 1. The number of carboxylic acids is 1. The van der Waals surface area contributed by atoms with Gasteiger partial charge in [0, 0.05) is 17.1 Å². The zero-order chi connectivity index (χ0) is 16.6. The van der Waals surface area contributed by atoms with E-state index in [2.05, 4.69) is 36.9 Å². The highest BCUT2D eigenvalue weighted by Gasteiger charge is 2.36. The fraction of sp³-hybridized carbons (Fsp3) is 0.250. The molecule has 1 N–H and O–H groups in total. The standard InChI is InChI=1S/C16H14Br2N2O3/c1-23-11-4-2-9(3-5-11)14-7-13(16(21)22)19-15-12(18)6-10(17)8-20(14)15/h2-6,8,13-14H,7H2,1H3,(H,21,22). The Morgan fingerprint density at radius 3 is 2.65 bits per heavy atom. The third kappa shape index (κ3) is 3.21. The molecule has 0 radical (unpaired) electrons. The number of hydrogen-bond donors (Lipinski definition) is 1. The fourth-order valence-corrected chi connectivity index (χ4v) is 4.02.